The summed E-state index contributed by atoms with van der Waals surface area (Å²) in [5.41, 5.74) is 0. The molecule has 0 aromatic carbocycles. The molecular weight excluding hydrogens is 268 g/mol. The lowest BCUT2D eigenvalue weighted by Gasteiger charge is -2.38. The lowest BCUT2D eigenvalue weighted by Crippen LogP contribution is -2.52. The molecule has 1 fully saturated rings. The predicted molar refractivity (Wildman–Crippen MR) is 83.0 cm³/mol. The molecule has 1 aliphatic heterocycles. The van der Waals surface area contributed by atoms with E-state index in [0.29, 0.717) is 19.0 Å². The first-order valence-electron chi connectivity index (χ1n) is 8.03. The number of hydrogen-bond acceptors (Lipinski definition) is 3. The topological polar surface area (TPSA) is 69.6 Å². The van der Waals surface area contributed by atoms with Gasteiger partial charge in [0.2, 0.25) is 5.91 Å². The molecule has 0 bridgehead atoms. The van der Waals surface area contributed by atoms with Crippen LogP contribution in [0.4, 0.5) is 0 Å². The predicted octanol–water partition coefficient (Wildman–Crippen LogP) is 1.97. The summed E-state index contributed by atoms with van der Waals surface area (Å²) in [6, 6.07) is 0.213. The van der Waals surface area contributed by atoms with Gasteiger partial charge in [-0.15, -0.1) is 0 Å². The monoisotopic (exact) mass is 298 g/mol. The van der Waals surface area contributed by atoms with Crippen LogP contribution in [0.1, 0.15) is 47.0 Å². The SMILES string of the molecule is CC(C)CCNC1CC(CC(=O)O)CN(C(=O)C(C)C)C1. The van der Waals surface area contributed by atoms with Crippen LogP contribution in [-0.2, 0) is 9.59 Å². The highest BCUT2D eigenvalue weighted by Crippen LogP contribution is 2.22. The van der Waals surface area contributed by atoms with Gasteiger partial charge < -0.3 is 15.3 Å². The van der Waals surface area contributed by atoms with E-state index in [9.17, 15) is 9.59 Å². The van der Waals surface area contributed by atoms with Crippen molar-refractivity contribution < 1.29 is 14.7 Å². The van der Waals surface area contributed by atoms with Crippen LogP contribution < -0.4 is 5.32 Å². The Balaban J connectivity index is 2.61. The Hall–Kier alpha value is -1.10. The standard InChI is InChI=1S/C16H30N2O3/c1-11(2)5-6-17-14-7-13(8-15(19)20)9-18(10-14)16(21)12(3)4/h11-14,17H,5-10H2,1-4H3,(H,19,20). The van der Waals surface area contributed by atoms with Crippen molar-refractivity contribution in [3.05, 3.63) is 0 Å². The maximum absolute atomic E-state index is 12.2. The van der Waals surface area contributed by atoms with Crippen molar-refractivity contribution in [2.75, 3.05) is 19.6 Å². The normalized spacial score (nSPS) is 22.9. The molecule has 0 aromatic rings. The highest BCUT2D eigenvalue weighted by atomic mass is 16.4. The quantitative estimate of drug-likeness (QED) is 0.754. The molecule has 1 amide bonds. The third-order valence-corrected chi connectivity index (χ3v) is 3.96. The molecule has 2 atom stereocenters. The fourth-order valence-corrected chi connectivity index (χ4v) is 2.87. The highest BCUT2D eigenvalue weighted by Gasteiger charge is 2.31. The minimum Gasteiger partial charge on any atom is -0.481 e. The Morgan fingerprint density at radius 2 is 1.90 bits per heavy atom. The summed E-state index contributed by atoms with van der Waals surface area (Å²) in [7, 11) is 0. The van der Waals surface area contributed by atoms with E-state index in [1.165, 1.54) is 0 Å². The third-order valence-electron chi connectivity index (χ3n) is 3.96. The summed E-state index contributed by atoms with van der Waals surface area (Å²) in [6.07, 6.45) is 2.08. The molecule has 0 aromatic heterocycles. The summed E-state index contributed by atoms with van der Waals surface area (Å²) in [5.74, 6) is 0.00484. The number of nitrogens with one attached hydrogen (secondary N) is 1. The van der Waals surface area contributed by atoms with Gasteiger partial charge in [-0.05, 0) is 31.2 Å². The van der Waals surface area contributed by atoms with Crippen molar-refractivity contribution in [3.63, 3.8) is 0 Å². The van der Waals surface area contributed by atoms with Crippen LogP contribution in [0.15, 0.2) is 0 Å². The number of piperidine rings is 1. The Labute approximate surface area is 128 Å². The Morgan fingerprint density at radius 3 is 2.43 bits per heavy atom. The molecule has 1 rings (SSSR count). The van der Waals surface area contributed by atoms with Crippen LogP contribution >= 0.6 is 0 Å². The van der Waals surface area contributed by atoms with Crippen molar-refractivity contribution >= 4 is 11.9 Å². The summed E-state index contributed by atoms with van der Waals surface area (Å²) in [5, 5.41) is 12.5. The molecule has 1 aliphatic rings. The van der Waals surface area contributed by atoms with E-state index in [2.05, 4.69) is 19.2 Å². The van der Waals surface area contributed by atoms with Crippen LogP contribution in [0, 0.1) is 17.8 Å². The first-order chi connectivity index (χ1) is 9.79. The average Bonchev–Trinajstić information content (AvgIpc) is 2.36. The number of carboxylic acids is 1. The molecule has 0 radical (unpaired) electrons. The second-order valence-electron chi connectivity index (χ2n) is 6.93. The summed E-state index contributed by atoms with van der Waals surface area (Å²) in [6.45, 7) is 10.4. The van der Waals surface area contributed by atoms with Gasteiger partial charge in [0.1, 0.15) is 0 Å². The van der Waals surface area contributed by atoms with Gasteiger partial charge in [-0.25, -0.2) is 0 Å². The van der Waals surface area contributed by atoms with Crippen molar-refractivity contribution in [2.24, 2.45) is 17.8 Å². The molecule has 2 unspecified atom stereocenters. The number of nitrogens with zero attached hydrogens (tertiary/aromatic N) is 1. The van der Waals surface area contributed by atoms with Gasteiger partial charge in [0.25, 0.3) is 0 Å². The van der Waals surface area contributed by atoms with E-state index >= 15 is 0 Å². The van der Waals surface area contributed by atoms with Gasteiger partial charge in [-0.1, -0.05) is 27.7 Å². The lowest BCUT2D eigenvalue weighted by molar-refractivity contribution is -0.142. The number of likely N-dealkylation sites (tertiary alicyclic amines) is 1. The molecule has 5 nitrogen and oxygen atoms in total. The number of rotatable bonds is 7. The number of carbonyl (C=O) groups excluding carboxylic acids is 1. The van der Waals surface area contributed by atoms with Gasteiger partial charge in [0, 0.05) is 31.5 Å². The zero-order valence-corrected chi connectivity index (χ0v) is 13.8. The van der Waals surface area contributed by atoms with E-state index in [0.717, 1.165) is 19.4 Å². The van der Waals surface area contributed by atoms with E-state index in [4.69, 9.17) is 5.11 Å². The van der Waals surface area contributed by atoms with Crippen LogP contribution in [0.2, 0.25) is 0 Å². The molecule has 5 heteroatoms. The zero-order chi connectivity index (χ0) is 16.0. The van der Waals surface area contributed by atoms with Crippen LogP contribution in [-0.4, -0.2) is 47.6 Å². The molecule has 1 saturated heterocycles. The van der Waals surface area contributed by atoms with Crippen LogP contribution in [0.5, 0.6) is 0 Å². The maximum atomic E-state index is 12.2. The minimum absolute atomic E-state index is 0.0371. The van der Waals surface area contributed by atoms with E-state index in [1.54, 1.807) is 0 Å². The first-order valence-corrected chi connectivity index (χ1v) is 8.03. The second kappa shape index (κ2) is 8.37. The van der Waals surface area contributed by atoms with Gasteiger partial charge in [-0.3, -0.25) is 9.59 Å². The fraction of sp³-hybridized carbons (Fsp3) is 0.875. The third kappa shape index (κ3) is 6.46. The molecule has 0 saturated carbocycles. The second-order valence-corrected chi connectivity index (χ2v) is 6.93. The average molecular weight is 298 g/mol. The van der Waals surface area contributed by atoms with Crippen molar-refractivity contribution in [1.82, 2.24) is 10.2 Å². The Morgan fingerprint density at radius 1 is 1.24 bits per heavy atom. The van der Waals surface area contributed by atoms with Gasteiger partial charge in [0.05, 0.1) is 0 Å². The Kier molecular flexibility index (Phi) is 7.15. The summed E-state index contributed by atoms with van der Waals surface area (Å²) < 4.78 is 0. The molecule has 122 valence electrons. The first kappa shape index (κ1) is 18.0. The number of carbonyl (C=O) groups is 2. The number of amides is 1. The van der Waals surface area contributed by atoms with Gasteiger partial charge >= 0.3 is 5.97 Å². The number of hydrogen-bond donors (Lipinski definition) is 2. The zero-order valence-electron chi connectivity index (χ0n) is 13.8. The van der Waals surface area contributed by atoms with Crippen molar-refractivity contribution in [3.8, 4) is 0 Å². The van der Waals surface area contributed by atoms with Crippen LogP contribution in [0.3, 0.4) is 0 Å². The number of carboxylic acid groups (broad SMARTS) is 1. The molecule has 1 heterocycles. The van der Waals surface area contributed by atoms with E-state index in [1.807, 2.05) is 18.7 Å². The molecule has 21 heavy (non-hydrogen) atoms. The summed E-state index contributed by atoms with van der Waals surface area (Å²) in [4.78, 5) is 25.0. The van der Waals surface area contributed by atoms with Crippen molar-refractivity contribution in [1.29, 1.82) is 0 Å². The van der Waals surface area contributed by atoms with E-state index < -0.39 is 5.97 Å². The summed E-state index contributed by atoms with van der Waals surface area (Å²) >= 11 is 0. The van der Waals surface area contributed by atoms with Gasteiger partial charge in [0.15, 0.2) is 0 Å². The van der Waals surface area contributed by atoms with Crippen LogP contribution in [0.25, 0.3) is 0 Å². The molecular formula is C16H30N2O3. The Bertz CT molecular complexity index is 355. The van der Waals surface area contributed by atoms with Gasteiger partial charge in [-0.2, -0.15) is 0 Å². The molecule has 2 N–H and O–H groups in total. The van der Waals surface area contributed by atoms with Crippen molar-refractivity contribution in [2.45, 2.75) is 53.0 Å². The molecule has 0 spiro atoms. The maximum Gasteiger partial charge on any atom is 0.303 e. The smallest absolute Gasteiger partial charge is 0.303 e. The highest BCUT2D eigenvalue weighted by molar-refractivity contribution is 5.78. The largest absolute Gasteiger partial charge is 0.481 e. The fourth-order valence-electron chi connectivity index (χ4n) is 2.87. The molecule has 0 aliphatic carbocycles. The number of aliphatic carboxylic acids is 1. The lowest BCUT2D eigenvalue weighted by atomic mass is 9.90. The minimum atomic E-state index is -0.778. The van der Waals surface area contributed by atoms with E-state index in [-0.39, 0.29) is 30.2 Å².